The van der Waals surface area contributed by atoms with Crippen molar-refractivity contribution < 1.29 is 39.2 Å². The van der Waals surface area contributed by atoms with Gasteiger partial charge in [0.25, 0.3) is 11.5 Å². The number of aromatic hydroxyl groups is 1. The molecule has 0 radical (unpaired) electrons. The quantitative estimate of drug-likeness (QED) is 0.211. The van der Waals surface area contributed by atoms with E-state index in [-0.39, 0.29) is 91.0 Å². The lowest BCUT2D eigenvalue weighted by atomic mass is 10.00. The Balaban J connectivity index is 1.22. The van der Waals surface area contributed by atoms with Crippen LogP contribution in [0.25, 0.3) is 11.4 Å². The molecule has 7 rings (SSSR count). The van der Waals surface area contributed by atoms with Crippen LogP contribution in [0.1, 0.15) is 48.2 Å². The number of hydrogen-bond donors (Lipinski definition) is 3. The van der Waals surface area contributed by atoms with E-state index in [4.69, 9.17) is 0 Å². The van der Waals surface area contributed by atoms with Crippen molar-refractivity contribution in [3.8, 4) is 5.75 Å². The Kier molecular flexibility index (Phi) is 8.17. The number of aromatic nitrogens is 5. The van der Waals surface area contributed by atoms with E-state index < -0.39 is 45.1 Å². The Morgan fingerprint density at radius 3 is 2.37 bits per heavy atom. The smallest absolute Gasteiger partial charge is 0.310 e. The van der Waals surface area contributed by atoms with Crippen molar-refractivity contribution in [2.24, 2.45) is 11.8 Å². The van der Waals surface area contributed by atoms with Crippen LogP contribution in [-0.2, 0) is 17.8 Å². The van der Waals surface area contributed by atoms with Gasteiger partial charge in [0.2, 0.25) is 11.7 Å². The van der Waals surface area contributed by atoms with Gasteiger partial charge in [0, 0.05) is 38.1 Å². The molecule has 3 unspecified atom stereocenters. The third-order valence-corrected chi connectivity index (χ3v) is 11.0. The Morgan fingerprint density at radius 1 is 1.02 bits per heavy atom. The van der Waals surface area contributed by atoms with E-state index in [1.807, 2.05) is 6.08 Å². The van der Waals surface area contributed by atoms with Crippen LogP contribution in [-0.4, -0.2) is 83.4 Å². The highest BCUT2D eigenvalue weighted by atomic mass is 32.5. The van der Waals surface area contributed by atoms with Crippen molar-refractivity contribution >= 4 is 44.8 Å². The molecule has 2 amide bonds. The molecule has 3 aliphatic rings. The SMILES string of the molecule is CCc1c(N2CCN(C(=O)c3ncccc3O)CC2)c(=O)n2nc(C3=CC4CC(O)CC4C3)nc2n1CC(=O)Nc1ccc(S(F)(F)(F)(F)F)cc1. The summed E-state index contributed by atoms with van der Waals surface area (Å²) in [5, 5.41) is 27.3. The second-order valence-corrected chi connectivity index (χ2v) is 15.7. The molecule has 4 heterocycles. The number of aliphatic hydroxyl groups excluding tert-OH is 1. The molecule has 1 aliphatic heterocycles. The number of allylic oxidation sites excluding steroid dienone is 2. The minimum absolute atomic E-state index is 0.0458. The van der Waals surface area contributed by atoms with Gasteiger partial charge in [0.05, 0.1) is 11.8 Å². The summed E-state index contributed by atoms with van der Waals surface area (Å²) in [5.74, 6) is -0.790. The molecule has 0 bridgehead atoms. The van der Waals surface area contributed by atoms with Gasteiger partial charge in [-0.2, -0.15) is 9.50 Å². The molecule has 3 atom stereocenters. The van der Waals surface area contributed by atoms with Crippen LogP contribution in [0.15, 0.2) is 58.4 Å². The Hall–Kier alpha value is -5.04. The van der Waals surface area contributed by atoms with Gasteiger partial charge in [0.15, 0.2) is 11.5 Å². The van der Waals surface area contributed by atoms with Crippen LogP contribution in [0, 0.1) is 11.8 Å². The fourth-order valence-corrected chi connectivity index (χ4v) is 8.04. The number of hydrogen-bond acceptors (Lipinski definition) is 9. The number of anilines is 2. The lowest BCUT2D eigenvalue weighted by Gasteiger charge is -2.40. The van der Waals surface area contributed by atoms with E-state index in [2.05, 4.69) is 20.4 Å². The van der Waals surface area contributed by atoms with Crippen LogP contribution in [0.2, 0.25) is 0 Å². The average Bonchev–Trinajstić information content (AvgIpc) is 3.79. The summed E-state index contributed by atoms with van der Waals surface area (Å²) in [5.41, 5.74) is 0.661. The molecule has 1 aromatic carbocycles. The summed E-state index contributed by atoms with van der Waals surface area (Å²) in [7, 11) is -9.92. The van der Waals surface area contributed by atoms with Gasteiger partial charge >= 0.3 is 10.2 Å². The van der Waals surface area contributed by atoms with Gasteiger partial charge < -0.3 is 29.9 Å². The first-order valence-electron chi connectivity index (χ1n) is 16.6. The average molecular weight is 751 g/mol. The van der Waals surface area contributed by atoms with Gasteiger partial charge in [0.1, 0.15) is 22.9 Å². The third-order valence-electron chi connectivity index (χ3n) is 9.83. The molecule has 19 heteroatoms. The first-order valence-corrected chi connectivity index (χ1v) is 18.6. The van der Waals surface area contributed by atoms with E-state index >= 15 is 0 Å². The number of nitrogens with one attached hydrogen (secondary N) is 1. The number of carbonyl (C=O) groups excluding carboxylic acids is 2. The molecule has 1 saturated heterocycles. The summed E-state index contributed by atoms with van der Waals surface area (Å²) < 4.78 is 68.9. The van der Waals surface area contributed by atoms with Gasteiger partial charge in [-0.25, -0.2) is 4.98 Å². The maximum Gasteiger partial charge on any atom is 0.310 e. The number of aliphatic hydroxyl groups is 1. The largest absolute Gasteiger partial charge is 0.505 e. The second-order valence-electron chi connectivity index (χ2n) is 13.3. The predicted octanol–water partition coefficient (Wildman–Crippen LogP) is 4.99. The standard InChI is InChI=1S/C33H35F5N8O5S/c1-2-25-29(43-10-12-44(13-11-43)31(50)28-26(48)4-3-9-39-28)32(51)46-33(41-30(42-46)21-14-19-16-23(47)17-20(19)15-21)45(25)18-27(49)40-22-5-7-24(8-6-22)52(34,35,36,37)38/h3-9,14,19-20,23,47-48H,2,10-13,15-18H2,1H3,(H,40,49). The molecule has 3 N–H and O–H groups in total. The maximum atomic E-state index is 14.2. The molecule has 0 spiro atoms. The molecule has 52 heavy (non-hydrogen) atoms. The van der Waals surface area contributed by atoms with Crippen molar-refractivity contribution in [1.29, 1.82) is 0 Å². The summed E-state index contributed by atoms with van der Waals surface area (Å²) in [6.45, 7) is 2.07. The molecular formula is C33H35F5N8O5S. The number of benzene rings is 1. The lowest BCUT2D eigenvalue weighted by molar-refractivity contribution is -0.116. The van der Waals surface area contributed by atoms with Crippen molar-refractivity contribution in [2.75, 3.05) is 36.4 Å². The van der Waals surface area contributed by atoms with E-state index in [0.717, 1.165) is 22.2 Å². The zero-order valence-corrected chi connectivity index (χ0v) is 28.6. The number of pyridine rings is 1. The number of fused-ring (bicyclic) bond motifs is 2. The molecular weight excluding hydrogens is 715 g/mol. The van der Waals surface area contributed by atoms with Crippen LogP contribution in [0.3, 0.4) is 0 Å². The monoisotopic (exact) mass is 750 g/mol. The van der Waals surface area contributed by atoms with Gasteiger partial charge in [-0.05, 0) is 79.5 Å². The maximum absolute atomic E-state index is 14.2. The van der Waals surface area contributed by atoms with Gasteiger partial charge in [-0.3, -0.25) is 14.4 Å². The first kappa shape index (κ1) is 35.4. The Bertz CT molecular complexity index is 2190. The van der Waals surface area contributed by atoms with E-state index in [1.54, 1.807) is 11.8 Å². The number of halogens is 5. The van der Waals surface area contributed by atoms with E-state index in [1.165, 1.54) is 27.8 Å². The van der Waals surface area contributed by atoms with Crippen LogP contribution < -0.4 is 15.8 Å². The summed E-state index contributed by atoms with van der Waals surface area (Å²) >= 11 is 0. The lowest BCUT2D eigenvalue weighted by Crippen LogP contribution is -2.51. The van der Waals surface area contributed by atoms with E-state index in [9.17, 15) is 44.0 Å². The molecule has 4 aromatic rings. The van der Waals surface area contributed by atoms with E-state index in [0.29, 0.717) is 25.0 Å². The van der Waals surface area contributed by atoms with Gasteiger partial charge in [-0.15, -0.1) is 5.10 Å². The minimum Gasteiger partial charge on any atom is -0.505 e. The first-order chi connectivity index (χ1) is 24.4. The zero-order valence-electron chi connectivity index (χ0n) is 27.8. The number of rotatable bonds is 8. The Morgan fingerprint density at radius 2 is 1.73 bits per heavy atom. The topological polar surface area (TPSA) is 158 Å². The summed E-state index contributed by atoms with van der Waals surface area (Å²) in [6.07, 6.45) is 5.08. The molecule has 2 fully saturated rings. The van der Waals surface area contributed by atoms with Gasteiger partial charge in [-0.1, -0.05) is 32.4 Å². The fraction of sp³-hybridized carbons (Fsp3) is 0.394. The number of amides is 2. The highest BCUT2D eigenvalue weighted by molar-refractivity contribution is 8.45. The third kappa shape index (κ3) is 6.69. The molecule has 2 aliphatic carbocycles. The molecule has 278 valence electrons. The highest BCUT2D eigenvalue weighted by Crippen LogP contribution is 3.02. The number of piperazine rings is 1. The second kappa shape index (κ2) is 12.0. The minimum atomic E-state index is -9.92. The highest BCUT2D eigenvalue weighted by Gasteiger charge is 2.65. The zero-order chi connectivity index (χ0) is 37.2. The molecule has 3 aromatic heterocycles. The number of nitrogens with zero attached hydrogens (tertiary/aromatic N) is 7. The van der Waals surface area contributed by atoms with Crippen molar-refractivity contribution in [3.63, 3.8) is 0 Å². The number of carbonyl (C=O) groups is 2. The van der Waals surface area contributed by atoms with Crippen molar-refractivity contribution in [3.05, 3.63) is 76.2 Å². The molecule has 13 nitrogen and oxygen atoms in total. The summed E-state index contributed by atoms with van der Waals surface area (Å²) in [4.78, 5) is 50.6. The fourth-order valence-electron chi connectivity index (χ4n) is 7.39. The Labute approximate surface area is 293 Å². The summed E-state index contributed by atoms with van der Waals surface area (Å²) in [6, 6.07) is 4.74. The van der Waals surface area contributed by atoms with Crippen molar-refractivity contribution in [2.45, 2.75) is 50.2 Å². The van der Waals surface area contributed by atoms with Crippen molar-refractivity contribution in [1.82, 2.24) is 29.0 Å². The van der Waals surface area contributed by atoms with Crippen LogP contribution >= 0.6 is 10.2 Å². The predicted molar refractivity (Wildman–Crippen MR) is 182 cm³/mol. The normalized spacial score (nSPS) is 21.8. The molecule has 1 saturated carbocycles. The van der Waals surface area contributed by atoms with Crippen LogP contribution in [0.5, 0.6) is 5.75 Å². The van der Waals surface area contributed by atoms with Crippen LogP contribution in [0.4, 0.5) is 30.8 Å².